The van der Waals surface area contributed by atoms with E-state index in [1.165, 1.54) is 0 Å². The van der Waals surface area contributed by atoms with Crippen LogP contribution in [0, 0.1) is 26.7 Å². The summed E-state index contributed by atoms with van der Waals surface area (Å²) in [6, 6.07) is 3.87. The molecule has 0 aliphatic carbocycles. The first-order valence-corrected chi connectivity index (χ1v) is 6.83. The standard InChI is InChI=1S/C16H23NO3/c1-10(2)8-17-14(18)9-20-16(19)15-12(4)6-11(3)7-13(15)5/h6-7,10H,8-9H2,1-5H3,(H,17,18). The quantitative estimate of drug-likeness (QED) is 0.841. The molecule has 0 saturated heterocycles. The maximum absolute atomic E-state index is 12.0. The predicted octanol–water partition coefficient (Wildman–Crippen LogP) is 2.54. The summed E-state index contributed by atoms with van der Waals surface area (Å²) in [5.41, 5.74) is 3.39. The normalized spacial score (nSPS) is 10.5. The van der Waals surface area contributed by atoms with Crippen molar-refractivity contribution in [3.63, 3.8) is 0 Å². The van der Waals surface area contributed by atoms with E-state index in [0.717, 1.165) is 16.7 Å². The number of carbonyl (C=O) groups is 2. The fourth-order valence-electron chi connectivity index (χ4n) is 2.07. The van der Waals surface area contributed by atoms with Crippen LogP contribution in [0.2, 0.25) is 0 Å². The molecule has 0 radical (unpaired) electrons. The van der Waals surface area contributed by atoms with Gasteiger partial charge in [-0.05, 0) is 37.8 Å². The summed E-state index contributed by atoms with van der Waals surface area (Å²) >= 11 is 0. The molecule has 0 aliphatic rings. The summed E-state index contributed by atoms with van der Waals surface area (Å²) in [6.45, 7) is 10.1. The van der Waals surface area contributed by atoms with E-state index >= 15 is 0 Å². The number of hydrogen-bond donors (Lipinski definition) is 1. The van der Waals surface area contributed by atoms with E-state index in [-0.39, 0.29) is 12.5 Å². The van der Waals surface area contributed by atoms with Crippen molar-refractivity contribution in [2.24, 2.45) is 5.92 Å². The highest BCUT2D eigenvalue weighted by Gasteiger charge is 2.15. The zero-order valence-electron chi connectivity index (χ0n) is 12.9. The van der Waals surface area contributed by atoms with Gasteiger partial charge in [0.15, 0.2) is 6.61 Å². The van der Waals surface area contributed by atoms with Crippen molar-refractivity contribution in [2.45, 2.75) is 34.6 Å². The Morgan fingerprint density at radius 1 is 1.15 bits per heavy atom. The molecule has 4 heteroatoms. The maximum atomic E-state index is 12.0. The number of nitrogens with one attached hydrogen (secondary N) is 1. The van der Waals surface area contributed by atoms with E-state index in [9.17, 15) is 9.59 Å². The van der Waals surface area contributed by atoms with Crippen molar-refractivity contribution in [3.8, 4) is 0 Å². The van der Waals surface area contributed by atoms with Crippen molar-refractivity contribution >= 4 is 11.9 Å². The van der Waals surface area contributed by atoms with Crippen LogP contribution in [0.1, 0.15) is 40.9 Å². The second kappa shape index (κ2) is 7.08. The highest BCUT2D eigenvalue weighted by molar-refractivity contribution is 5.94. The monoisotopic (exact) mass is 277 g/mol. The van der Waals surface area contributed by atoms with Gasteiger partial charge in [0, 0.05) is 6.54 Å². The molecule has 0 spiro atoms. The zero-order valence-corrected chi connectivity index (χ0v) is 12.9. The number of hydrogen-bond acceptors (Lipinski definition) is 3. The lowest BCUT2D eigenvalue weighted by molar-refractivity contribution is -0.124. The van der Waals surface area contributed by atoms with E-state index in [1.807, 2.05) is 46.8 Å². The molecule has 1 amide bonds. The fourth-order valence-corrected chi connectivity index (χ4v) is 2.07. The molecule has 0 aromatic heterocycles. The lowest BCUT2D eigenvalue weighted by Crippen LogP contribution is -2.31. The number of benzene rings is 1. The molecule has 1 aromatic rings. The lowest BCUT2D eigenvalue weighted by Gasteiger charge is -2.11. The third kappa shape index (κ3) is 4.68. The van der Waals surface area contributed by atoms with Crippen LogP contribution in [0.5, 0.6) is 0 Å². The first-order chi connectivity index (χ1) is 9.31. The van der Waals surface area contributed by atoms with Crippen LogP contribution in [0.4, 0.5) is 0 Å². The van der Waals surface area contributed by atoms with Gasteiger partial charge in [0.2, 0.25) is 0 Å². The Morgan fingerprint density at radius 3 is 2.20 bits per heavy atom. The van der Waals surface area contributed by atoms with Crippen LogP contribution in [0.15, 0.2) is 12.1 Å². The van der Waals surface area contributed by atoms with Gasteiger partial charge in [0.05, 0.1) is 5.56 Å². The van der Waals surface area contributed by atoms with Gasteiger partial charge in [0.25, 0.3) is 5.91 Å². The van der Waals surface area contributed by atoms with E-state index in [2.05, 4.69) is 5.32 Å². The molecule has 0 aliphatic heterocycles. The average Bonchev–Trinajstić information content (AvgIpc) is 2.32. The third-order valence-corrected chi connectivity index (χ3v) is 2.92. The number of esters is 1. The second-order valence-corrected chi connectivity index (χ2v) is 5.55. The van der Waals surface area contributed by atoms with Gasteiger partial charge in [-0.3, -0.25) is 4.79 Å². The van der Waals surface area contributed by atoms with Gasteiger partial charge in [-0.15, -0.1) is 0 Å². The fraction of sp³-hybridized carbons (Fsp3) is 0.500. The molecule has 1 rings (SSSR count). The molecule has 20 heavy (non-hydrogen) atoms. The lowest BCUT2D eigenvalue weighted by atomic mass is 10.00. The molecule has 0 fully saturated rings. The van der Waals surface area contributed by atoms with Crippen LogP contribution in [0.25, 0.3) is 0 Å². The molecule has 0 unspecified atom stereocenters. The van der Waals surface area contributed by atoms with Crippen LogP contribution < -0.4 is 5.32 Å². The van der Waals surface area contributed by atoms with Gasteiger partial charge in [-0.2, -0.15) is 0 Å². The first-order valence-electron chi connectivity index (χ1n) is 6.83. The van der Waals surface area contributed by atoms with Crippen LogP contribution in [-0.2, 0) is 9.53 Å². The Morgan fingerprint density at radius 2 is 1.70 bits per heavy atom. The van der Waals surface area contributed by atoms with Gasteiger partial charge < -0.3 is 10.1 Å². The molecule has 0 bridgehead atoms. The molecule has 1 aromatic carbocycles. The molecule has 110 valence electrons. The summed E-state index contributed by atoms with van der Waals surface area (Å²) in [7, 11) is 0. The highest BCUT2D eigenvalue weighted by atomic mass is 16.5. The van der Waals surface area contributed by atoms with Crippen molar-refractivity contribution in [3.05, 3.63) is 34.4 Å². The Balaban J connectivity index is 2.62. The summed E-state index contributed by atoms with van der Waals surface area (Å²) in [5, 5.41) is 2.71. The van der Waals surface area contributed by atoms with Crippen LogP contribution >= 0.6 is 0 Å². The molecular formula is C16H23NO3. The summed E-state index contributed by atoms with van der Waals surface area (Å²) < 4.78 is 5.07. The molecule has 0 saturated carbocycles. The Kier molecular flexibility index (Phi) is 5.74. The molecular weight excluding hydrogens is 254 g/mol. The summed E-state index contributed by atoms with van der Waals surface area (Å²) in [4.78, 5) is 23.6. The minimum Gasteiger partial charge on any atom is -0.452 e. The maximum Gasteiger partial charge on any atom is 0.339 e. The minimum atomic E-state index is -0.445. The zero-order chi connectivity index (χ0) is 15.3. The number of aryl methyl sites for hydroxylation is 3. The average molecular weight is 277 g/mol. The number of carbonyl (C=O) groups excluding carboxylic acids is 2. The van der Waals surface area contributed by atoms with Gasteiger partial charge in [-0.25, -0.2) is 4.79 Å². The van der Waals surface area contributed by atoms with Gasteiger partial charge in [-0.1, -0.05) is 31.5 Å². The third-order valence-electron chi connectivity index (χ3n) is 2.92. The van der Waals surface area contributed by atoms with Crippen molar-refractivity contribution in [1.29, 1.82) is 0 Å². The molecule has 1 N–H and O–H groups in total. The van der Waals surface area contributed by atoms with Crippen molar-refractivity contribution in [2.75, 3.05) is 13.2 Å². The minimum absolute atomic E-state index is 0.238. The van der Waals surface area contributed by atoms with Crippen molar-refractivity contribution in [1.82, 2.24) is 5.32 Å². The number of rotatable bonds is 5. The van der Waals surface area contributed by atoms with E-state index in [1.54, 1.807) is 0 Å². The number of ether oxygens (including phenoxy) is 1. The summed E-state index contributed by atoms with van der Waals surface area (Å²) in [6.07, 6.45) is 0. The Hall–Kier alpha value is -1.84. The number of amides is 1. The van der Waals surface area contributed by atoms with E-state index < -0.39 is 5.97 Å². The molecule has 0 heterocycles. The van der Waals surface area contributed by atoms with Gasteiger partial charge in [0.1, 0.15) is 0 Å². The predicted molar refractivity (Wildman–Crippen MR) is 78.8 cm³/mol. The van der Waals surface area contributed by atoms with E-state index in [4.69, 9.17) is 4.74 Å². The Bertz CT molecular complexity index is 483. The van der Waals surface area contributed by atoms with E-state index in [0.29, 0.717) is 18.0 Å². The van der Waals surface area contributed by atoms with Crippen LogP contribution in [-0.4, -0.2) is 25.0 Å². The molecule has 0 atom stereocenters. The van der Waals surface area contributed by atoms with Gasteiger partial charge >= 0.3 is 5.97 Å². The topological polar surface area (TPSA) is 55.4 Å². The second-order valence-electron chi connectivity index (χ2n) is 5.55. The Labute approximate surface area is 120 Å². The first kappa shape index (κ1) is 16.2. The summed E-state index contributed by atoms with van der Waals surface area (Å²) in [5.74, 6) is -0.342. The van der Waals surface area contributed by atoms with Crippen LogP contribution in [0.3, 0.4) is 0 Å². The SMILES string of the molecule is Cc1cc(C)c(C(=O)OCC(=O)NCC(C)C)c(C)c1. The largest absolute Gasteiger partial charge is 0.452 e. The van der Waals surface area contributed by atoms with Crippen molar-refractivity contribution < 1.29 is 14.3 Å². The molecule has 4 nitrogen and oxygen atoms in total. The highest BCUT2D eigenvalue weighted by Crippen LogP contribution is 2.17. The smallest absolute Gasteiger partial charge is 0.339 e.